The van der Waals surface area contributed by atoms with E-state index in [-0.39, 0.29) is 5.91 Å². The standard InChI is InChI=1S/C21H28N2O/c1-4-5-6-7-14-22-20-13-10-17(3)15-19(20)21(24)23-18-11-8-16(2)9-12-18/h8-13,15,22H,4-7,14H2,1-3H3,(H,23,24). The second-order valence-electron chi connectivity index (χ2n) is 6.36. The lowest BCUT2D eigenvalue weighted by Gasteiger charge is -2.13. The fourth-order valence-corrected chi connectivity index (χ4v) is 2.61. The predicted octanol–water partition coefficient (Wildman–Crippen LogP) is 5.55. The number of carbonyl (C=O) groups is 1. The summed E-state index contributed by atoms with van der Waals surface area (Å²) in [7, 11) is 0. The van der Waals surface area contributed by atoms with Crippen LogP contribution in [0.4, 0.5) is 11.4 Å². The van der Waals surface area contributed by atoms with Crippen molar-refractivity contribution in [3.8, 4) is 0 Å². The predicted molar refractivity (Wildman–Crippen MR) is 103 cm³/mol. The number of carbonyl (C=O) groups excluding carboxylic acids is 1. The molecule has 0 unspecified atom stereocenters. The molecule has 0 spiro atoms. The summed E-state index contributed by atoms with van der Waals surface area (Å²) in [6, 6.07) is 13.8. The van der Waals surface area contributed by atoms with Crippen LogP contribution >= 0.6 is 0 Å². The summed E-state index contributed by atoms with van der Waals surface area (Å²) < 4.78 is 0. The molecule has 0 radical (unpaired) electrons. The SMILES string of the molecule is CCCCCCNc1ccc(C)cc1C(=O)Nc1ccc(C)cc1. The fraction of sp³-hybridized carbons (Fsp3) is 0.381. The van der Waals surface area contributed by atoms with Gasteiger partial charge in [-0.15, -0.1) is 0 Å². The zero-order valence-corrected chi connectivity index (χ0v) is 15.0. The van der Waals surface area contributed by atoms with Gasteiger partial charge in [0.05, 0.1) is 5.56 Å². The number of hydrogen-bond donors (Lipinski definition) is 2. The van der Waals surface area contributed by atoms with Gasteiger partial charge in [0, 0.05) is 17.9 Å². The molecule has 1 amide bonds. The molecule has 3 heteroatoms. The van der Waals surface area contributed by atoms with Gasteiger partial charge in [0.25, 0.3) is 5.91 Å². The number of unbranched alkanes of at least 4 members (excludes halogenated alkanes) is 3. The monoisotopic (exact) mass is 324 g/mol. The van der Waals surface area contributed by atoms with E-state index in [0.717, 1.165) is 29.9 Å². The summed E-state index contributed by atoms with van der Waals surface area (Å²) in [6.45, 7) is 7.15. The molecule has 2 aromatic carbocycles. The average Bonchev–Trinajstić information content (AvgIpc) is 2.58. The third-order valence-corrected chi connectivity index (χ3v) is 4.07. The van der Waals surface area contributed by atoms with E-state index in [2.05, 4.69) is 17.6 Å². The van der Waals surface area contributed by atoms with Crippen molar-refractivity contribution in [3.63, 3.8) is 0 Å². The van der Waals surface area contributed by atoms with Crippen LogP contribution in [0.5, 0.6) is 0 Å². The Morgan fingerprint density at radius 1 is 0.917 bits per heavy atom. The minimum atomic E-state index is -0.0707. The van der Waals surface area contributed by atoms with Gasteiger partial charge in [0.1, 0.15) is 0 Å². The minimum absolute atomic E-state index is 0.0707. The number of hydrogen-bond acceptors (Lipinski definition) is 2. The van der Waals surface area contributed by atoms with Gasteiger partial charge in [0.15, 0.2) is 0 Å². The first-order valence-electron chi connectivity index (χ1n) is 8.82. The summed E-state index contributed by atoms with van der Waals surface area (Å²) in [5, 5.41) is 6.40. The number of anilines is 2. The van der Waals surface area contributed by atoms with Crippen molar-refractivity contribution in [1.82, 2.24) is 0 Å². The Balaban J connectivity index is 2.05. The molecular weight excluding hydrogens is 296 g/mol. The van der Waals surface area contributed by atoms with Crippen LogP contribution in [0.3, 0.4) is 0 Å². The molecule has 0 aliphatic carbocycles. The van der Waals surface area contributed by atoms with Crippen LogP contribution in [0.2, 0.25) is 0 Å². The highest BCUT2D eigenvalue weighted by atomic mass is 16.1. The van der Waals surface area contributed by atoms with Gasteiger partial charge in [0.2, 0.25) is 0 Å². The van der Waals surface area contributed by atoms with Crippen molar-refractivity contribution in [3.05, 3.63) is 59.2 Å². The molecule has 2 N–H and O–H groups in total. The highest BCUT2D eigenvalue weighted by Gasteiger charge is 2.12. The molecule has 2 rings (SSSR count). The first-order valence-corrected chi connectivity index (χ1v) is 8.82. The molecule has 128 valence electrons. The second kappa shape index (κ2) is 9.11. The summed E-state index contributed by atoms with van der Waals surface area (Å²) in [5.74, 6) is -0.0707. The first kappa shape index (κ1) is 18.1. The van der Waals surface area contributed by atoms with Gasteiger partial charge >= 0.3 is 0 Å². The van der Waals surface area contributed by atoms with E-state index in [1.165, 1.54) is 24.8 Å². The molecule has 0 heterocycles. The van der Waals surface area contributed by atoms with Gasteiger partial charge < -0.3 is 10.6 Å². The van der Waals surface area contributed by atoms with Gasteiger partial charge in [-0.3, -0.25) is 4.79 Å². The Hall–Kier alpha value is -2.29. The molecule has 0 bridgehead atoms. The molecule has 3 nitrogen and oxygen atoms in total. The molecule has 0 atom stereocenters. The number of benzene rings is 2. The van der Waals surface area contributed by atoms with Gasteiger partial charge in [-0.1, -0.05) is 55.5 Å². The molecule has 24 heavy (non-hydrogen) atoms. The Bertz CT molecular complexity index is 662. The van der Waals surface area contributed by atoms with Crippen molar-refractivity contribution in [1.29, 1.82) is 0 Å². The third kappa shape index (κ3) is 5.41. The first-order chi connectivity index (χ1) is 11.6. The zero-order valence-electron chi connectivity index (χ0n) is 15.0. The lowest BCUT2D eigenvalue weighted by molar-refractivity contribution is 0.102. The van der Waals surface area contributed by atoms with Crippen LogP contribution in [-0.2, 0) is 0 Å². The topological polar surface area (TPSA) is 41.1 Å². The fourth-order valence-electron chi connectivity index (χ4n) is 2.61. The highest BCUT2D eigenvalue weighted by Crippen LogP contribution is 2.20. The van der Waals surface area contributed by atoms with E-state index in [9.17, 15) is 4.79 Å². The Morgan fingerprint density at radius 3 is 2.33 bits per heavy atom. The van der Waals surface area contributed by atoms with Crippen molar-refractivity contribution >= 4 is 17.3 Å². The summed E-state index contributed by atoms with van der Waals surface area (Å²) in [5.41, 5.74) is 4.69. The normalized spacial score (nSPS) is 10.5. The van der Waals surface area contributed by atoms with Gasteiger partial charge in [-0.05, 0) is 44.5 Å². The number of amides is 1. The summed E-state index contributed by atoms with van der Waals surface area (Å²) in [4.78, 5) is 12.7. The van der Waals surface area contributed by atoms with E-state index in [1.807, 2.05) is 56.3 Å². The molecule has 0 aliphatic heterocycles. The molecule has 0 aromatic heterocycles. The van der Waals surface area contributed by atoms with Crippen molar-refractivity contribution in [2.24, 2.45) is 0 Å². The Labute approximate surface area is 145 Å². The quantitative estimate of drug-likeness (QED) is 0.625. The van der Waals surface area contributed by atoms with Gasteiger partial charge in [-0.25, -0.2) is 0 Å². The van der Waals surface area contributed by atoms with E-state index in [0.29, 0.717) is 5.56 Å². The lowest BCUT2D eigenvalue weighted by atomic mass is 10.1. The maximum absolute atomic E-state index is 12.7. The largest absolute Gasteiger partial charge is 0.384 e. The van der Waals surface area contributed by atoms with E-state index < -0.39 is 0 Å². The van der Waals surface area contributed by atoms with Crippen LogP contribution in [-0.4, -0.2) is 12.5 Å². The van der Waals surface area contributed by atoms with Crippen molar-refractivity contribution in [2.75, 3.05) is 17.2 Å². The molecule has 0 fully saturated rings. The summed E-state index contributed by atoms with van der Waals surface area (Å²) in [6.07, 6.45) is 4.84. The maximum Gasteiger partial charge on any atom is 0.257 e. The highest BCUT2D eigenvalue weighted by molar-refractivity contribution is 6.08. The molecule has 0 aliphatic rings. The van der Waals surface area contributed by atoms with Crippen LogP contribution in [0, 0.1) is 13.8 Å². The van der Waals surface area contributed by atoms with Crippen LogP contribution in [0.15, 0.2) is 42.5 Å². The second-order valence-corrected chi connectivity index (χ2v) is 6.36. The smallest absolute Gasteiger partial charge is 0.257 e. The molecule has 2 aromatic rings. The third-order valence-electron chi connectivity index (χ3n) is 4.07. The van der Waals surface area contributed by atoms with Gasteiger partial charge in [-0.2, -0.15) is 0 Å². The number of nitrogens with one attached hydrogen (secondary N) is 2. The van der Waals surface area contributed by atoms with Crippen LogP contribution in [0.1, 0.15) is 54.1 Å². The maximum atomic E-state index is 12.7. The molecule has 0 saturated heterocycles. The van der Waals surface area contributed by atoms with Crippen molar-refractivity contribution in [2.45, 2.75) is 46.5 Å². The van der Waals surface area contributed by atoms with E-state index >= 15 is 0 Å². The zero-order chi connectivity index (χ0) is 17.4. The summed E-state index contributed by atoms with van der Waals surface area (Å²) >= 11 is 0. The Morgan fingerprint density at radius 2 is 1.62 bits per heavy atom. The van der Waals surface area contributed by atoms with Crippen LogP contribution < -0.4 is 10.6 Å². The van der Waals surface area contributed by atoms with Crippen LogP contribution in [0.25, 0.3) is 0 Å². The molecular formula is C21H28N2O. The van der Waals surface area contributed by atoms with E-state index in [4.69, 9.17) is 0 Å². The molecule has 0 saturated carbocycles. The average molecular weight is 324 g/mol. The minimum Gasteiger partial charge on any atom is -0.384 e. The lowest BCUT2D eigenvalue weighted by Crippen LogP contribution is -2.15. The van der Waals surface area contributed by atoms with E-state index in [1.54, 1.807) is 0 Å². The Kier molecular flexibility index (Phi) is 6.86. The van der Waals surface area contributed by atoms with Crippen molar-refractivity contribution < 1.29 is 4.79 Å². The number of rotatable bonds is 8. The number of aryl methyl sites for hydroxylation is 2.